The SMILES string of the molecule is Cc1nnnn1Cc1ccc(Cl)s1. The lowest BCUT2D eigenvalue weighted by atomic mass is 10.4. The highest BCUT2D eigenvalue weighted by Crippen LogP contribution is 2.21. The van der Waals surface area contributed by atoms with Crippen molar-refractivity contribution in [3.05, 3.63) is 27.2 Å². The van der Waals surface area contributed by atoms with Crippen LogP contribution in [0, 0.1) is 6.92 Å². The number of tetrazole rings is 1. The van der Waals surface area contributed by atoms with Gasteiger partial charge in [0.1, 0.15) is 5.82 Å². The average Bonchev–Trinajstić information content (AvgIpc) is 2.64. The van der Waals surface area contributed by atoms with E-state index in [0.717, 1.165) is 15.0 Å². The van der Waals surface area contributed by atoms with Crippen LogP contribution in [0.1, 0.15) is 10.7 Å². The van der Waals surface area contributed by atoms with E-state index in [1.807, 2.05) is 19.1 Å². The van der Waals surface area contributed by atoms with E-state index in [9.17, 15) is 0 Å². The molecule has 0 N–H and O–H groups in total. The van der Waals surface area contributed by atoms with Gasteiger partial charge in [0.15, 0.2) is 0 Å². The summed E-state index contributed by atoms with van der Waals surface area (Å²) in [5.74, 6) is 0.810. The van der Waals surface area contributed by atoms with Gasteiger partial charge in [-0.2, -0.15) is 0 Å². The Morgan fingerprint density at radius 3 is 2.92 bits per heavy atom. The predicted octanol–water partition coefficient (Wildman–Crippen LogP) is 1.74. The minimum absolute atomic E-state index is 0.691. The molecule has 0 radical (unpaired) electrons. The molecule has 68 valence electrons. The van der Waals surface area contributed by atoms with Crippen LogP contribution in [-0.4, -0.2) is 20.2 Å². The number of aromatic nitrogens is 4. The Bertz CT molecular complexity index is 408. The third-order valence-corrected chi connectivity index (χ3v) is 2.86. The fraction of sp³-hybridized carbons (Fsp3) is 0.286. The third-order valence-electron chi connectivity index (χ3n) is 1.65. The molecule has 0 spiro atoms. The molecule has 0 aliphatic carbocycles. The van der Waals surface area contributed by atoms with Gasteiger partial charge in [-0.25, -0.2) is 4.68 Å². The van der Waals surface area contributed by atoms with Crippen molar-refractivity contribution in [1.29, 1.82) is 0 Å². The van der Waals surface area contributed by atoms with Crippen molar-refractivity contribution < 1.29 is 0 Å². The van der Waals surface area contributed by atoms with Crippen molar-refractivity contribution in [3.8, 4) is 0 Å². The summed E-state index contributed by atoms with van der Waals surface area (Å²) in [6, 6.07) is 3.86. The second-order valence-corrected chi connectivity index (χ2v) is 4.39. The quantitative estimate of drug-likeness (QED) is 0.765. The van der Waals surface area contributed by atoms with E-state index in [1.165, 1.54) is 0 Å². The smallest absolute Gasteiger partial charge is 0.148 e. The van der Waals surface area contributed by atoms with Crippen LogP contribution in [0.5, 0.6) is 0 Å². The van der Waals surface area contributed by atoms with Gasteiger partial charge >= 0.3 is 0 Å². The third kappa shape index (κ3) is 1.87. The van der Waals surface area contributed by atoms with E-state index < -0.39 is 0 Å². The molecule has 2 aromatic heterocycles. The summed E-state index contributed by atoms with van der Waals surface area (Å²) in [4.78, 5) is 1.15. The summed E-state index contributed by atoms with van der Waals surface area (Å²) in [7, 11) is 0. The largest absolute Gasteiger partial charge is 0.225 e. The van der Waals surface area contributed by atoms with Crippen LogP contribution < -0.4 is 0 Å². The molecule has 0 saturated heterocycles. The number of hydrogen-bond acceptors (Lipinski definition) is 4. The van der Waals surface area contributed by atoms with Gasteiger partial charge in [-0.1, -0.05) is 11.6 Å². The molecule has 0 fully saturated rings. The number of rotatable bonds is 2. The summed E-state index contributed by atoms with van der Waals surface area (Å²) >= 11 is 7.34. The summed E-state index contributed by atoms with van der Waals surface area (Å²) in [5, 5.41) is 11.2. The zero-order valence-electron chi connectivity index (χ0n) is 6.94. The van der Waals surface area contributed by atoms with Crippen LogP contribution in [0.2, 0.25) is 4.34 Å². The molecule has 0 aliphatic rings. The number of nitrogens with zero attached hydrogens (tertiary/aromatic N) is 4. The van der Waals surface area contributed by atoms with Crippen LogP contribution in [0.25, 0.3) is 0 Å². The van der Waals surface area contributed by atoms with Gasteiger partial charge in [-0.15, -0.1) is 16.4 Å². The number of hydrogen-bond donors (Lipinski definition) is 0. The molecule has 2 aromatic rings. The molecule has 0 aliphatic heterocycles. The van der Waals surface area contributed by atoms with Gasteiger partial charge in [0.05, 0.1) is 10.9 Å². The van der Waals surface area contributed by atoms with E-state index in [2.05, 4.69) is 15.5 Å². The lowest BCUT2D eigenvalue weighted by Gasteiger charge is -1.96. The van der Waals surface area contributed by atoms with Crippen LogP contribution >= 0.6 is 22.9 Å². The minimum Gasteiger partial charge on any atom is -0.225 e. The topological polar surface area (TPSA) is 43.6 Å². The average molecular weight is 215 g/mol. The first-order valence-electron chi connectivity index (χ1n) is 3.72. The highest BCUT2D eigenvalue weighted by molar-refractivity contribution is 7.16. The Morgan fingerprint density at radius 1 is 1.54 bits per heavy atom. The second-order valence-electron chi connectivity index (χ2n) is 2.59. The van der Waals surface area contributed by atoms with E-state index >= 15 is 0 Å². The Hall–Kier alpha value is -0.940. The van der Waals surface area contributed by atoms with E-state index in [1.54, 1.807) is 16.0 Å². The van der Waals surface area contributed by atoms with Crippen LogP contribution in [0.15, 0.2) is 12.1 Å². The summed E-state index contributed by atoms with van der Waals surface area (Å²) in [5.41, 5.74) is 0. The normalized spacial score (nSPS) is 10.6. The molecule has 13 heavy (non-hydrogen) atoms. The van der Waals surface area contributed by atoms with Crippen molar-refractivity contribution in [2.24, 2.45) is 0 Å². The molecule has 2 rings (SSSR count). The van der Waals surface area contributed by atoms with Crippen LogP contribution in [0.3, 0.4) is 0 Å². The summed E-state index contributed by atoms with van der Waals surface area (Å²) in [6.07, 6.45) is 0. The first kappa shape index (κ1) is 8.65. The van der Waals surface area contributed by atoms with Crippen molar-refractivity contribution in [2.45, 2.75) is 13.5 Å². The van der Waals surface area contributed by atoms with Crippen molar-refractivity contribution in [1.82, 2.24) is 20.2 Å². The van der Waals surface area contributed by atoms with Gasteiger partial charge in [-0.05, 0) is 29.5 Å². The number of halogens is 1. The molecule has 0 amide bonds. The molecule has 4 nitrogen and oxygen atoms in total. The van der Waals surface area contributed by atoms with Crippen molar-refractivity contribution >= 4 is 22.9 Å². The molecular weight excluding hydrogens is 208 g/mol. The van der Waals surface area contributed by atoms with Crippen LogP contribution in [-0.2, 0) is 6.54 Å². The predicted molar refractivity (Wildman–Crippen MR) is 51.0 cm³/mol. The monoisotopic (exact) mass is 214 g/mol. The highest BCUT2D eigenvalue weighted by atomic mass is 35.5. The lowest BCUT2D eigenvalue weighted by molar-refractivity contribution is 0.639. The molecule has 2 heterocycles. The number of aryl methyl sites for hydroxylation is 1. The van der Waals surface area contributed by atoms with E-state index in [-0.39, 0.29) is 0 Å². The lowest BCUT2D eigenvalue weighted by Crippen LogP contribution is -2.02. The zero-order valence-corrected chi connectivity index (χ0v) is 8.51. The van der Waals surface area contributed by atoms with Gasteiger partial charge in [0.2, 0.25) is 0 Å². The van der Waals surface area contributed by atoms with Gasteiger partial charge < -0.3 is 0 Å². The Morgan fingerprint density at radius 2 is 2.38 bits per heavy atom. The van der Waals surface area contributed by atoms with Crippen LogP contribution in [0.4, 0.5) is 0 Å². The Labute approximate surface area is 84.1 Å². The zero-order chi connectivity index (χ0) is 9.26. The minimum atomic E-state index is 0.691. The van der Waals surface area contributed by atoms with Gasteiger partial charge in [0.25, 0.3) is 0 Å². The maximum Gasteiger partial charge on any atom is 0.148 e. The number of thiophene rings is 1. The molecule has 0 bridgehead atoms. The molecule has 0 saturated carbocycles. The maximum atomic E-state index is 5.80. The maximum absolute atomic E-state index is 5.80. The molecule has 0 aromatic carbocycles. The summed E-state index contributed by atoms with van der Waals surface area (Å²) in [6.45, 7) is 2.56. The molecule has 0 atom stereocenters. The van der Waals surface area contributed by atoms with E-state index in [0.29, 0.717) is 6.54 Å². The first-order valence-corrected chi connectivity index (χ1v) is 4.92. The van der Waals surface area contributed by atoms with Gasteiger partial charge in [0, 0.05) is 4.88 Å². The highest BCUT2D eigenvalue weighted by Gasteiger charge is 2.03. The molecule has 6 heteroatoms. The van der Waals surface area contributed by atoms with E-state index in [4.69, 9.17) is 11.6 Å². The fourth-order valence-corrected chi connectivity index (χ4v) is 2.05. The standard InChI is InChI=1S/C7H7ClN4S/c1-5-9-10-11-12(5)4-6-2-3-7(8)13-6/h2-3H,4H2,1H3. The van der Waals surface area contributed by atoms with Gasteiger partial charge in [-0.3, -0.25) is 0 Å². The Balaban J connectivity index is 2.19. The van der Waals surface area contributed by atoms with Crippen molar-refractivity contribution in [2.75, 3.05) is 0 Å². The molecular formula is C7H7ClN4S. The van der Waals surface area contributed by atoms with Crippen molar-refractivity contribution in [3.63, 3.8) is 0 Å². The fourth-order valence-electron chi connectivity index (χ4n) is 0.980. The Kier molecular flexibility index (Phi) is 2.28. The first-order chi connectivity index (χ1) is 6.25. The molecule has 0 unspecified atom stereocenters. The summed E-state index contributed by atoms with van der Waals surface area (Å²) < 4.78 is 2.53. The second kappa shape index (κ2) is 3.43.